The van der Waals surface area contributed by atoms with E-state index in [2.05, 4.69) is 5.32 Å². The van der Waals surface area contributed by atoms with E-state index in [0.717, 1.165) is 24.3 Å². The van der Waals surface area contributed by atoms with Gasteiger partial charge in [-0.05, 0) is 24.3 Å². The maximum Gasteiger partial charge on any atom is 0.435 e. The van der Waals surface area contributed by atoms with Crippen molar-refractivity contribution in [3.05, 3.63) is 62.5 Å². The highest BCUT2D eigenvalue weighted by Crippen LogP contribution is 2.54. The van der Waals surface area contributed by atoms with Crippen LogP contribution in [0.2, 0.25) is 10.0 Å². The first-order valence-corrected chi connectivity index (χ1v) is 8.24. The lowest BCUT2D eigenvalue weighted by molar-refractivity contribution is -0.729. The number of halogens is 9. The van der Waals surface area contributed by atoms with E-state index in [4.69, 9.17) is 28.4 Å². The second kappa shape index (κ2) is 7.91. The number of amides is 1. The monoisotopic (exact) mass is 479 g/mol. The molecule has 0 saturated carbocycles. The van der Waals surface area contributed by atoms with E-state index in [1.54, 1.807) is 0 Å². The van der Waals surface area contributed by atoms with Crippen LogP contribution in [0, 0.1) is 4.91 Å². The molecule has 14 heteroatoms. The number of hydrogen-bond acceptors (Lipinski definition) is 2. The second-order valence-electron chi connectivity index (χ2n) is 5.74. The molecular weight excluding hydrogens is 472 g/mol. The van der Waals surface area contributed by atoms with Gasteiger partial charge in [0.25, 0.3) is 10.8 Å². The van der Waals surface area contributed by atoms with Crippen LogP contribution < -0.4 is 5.32 Å². The fourth-order valence-corrected chi connectivity index (χ4v) is 2.89. The Morgan fingerprint density at radius 3 is 1.70 bits per heavy atom. The molecule has 2 aromatic rings. The summed E-state index contributed by atoms with van der Waals surface area (Å²) >= 11 is 11.3. The quantitative estimate of drug-likeness (QED) is 0.397. The summed E-state index contributed by atoms with van der Waals surface area (Å²) in [7, 11) is 0. The SMILES string of the molecule is O=C(Nc1c(Cl)cc(C(F)(C(F)(F)F)C(F)(F)F)cc1Cl)c1ccc([N+](=O)O)cc1. The number of benzene rings is 2. The van der Waals surface area contributed by atoms with Crippen LogP contribution in [-0.4, -0.2) is 28.4 Å². The zero-order valence-electron chi connectivity index (χ0n) is 14.1. The molecule has 0 aliphatic rings. The van der Waals surface area contributed by atoms with Gasteiger partial charge < -0.3 is 5.32 Å². The van der Waals surface area contributed by atoms with Gasteiger partial charge in [-0.25, -0.2) is 9.60 Å². The van der Waals surface area contributed by atoms with E-state index in [1.165, 1.54) is 0 Å². The van der Waals surface area contributed by atoms with E-state index in [0.29, 0.717) is 0 Å². The summed E-state index contributed by atoms with van der Waals surface area (Å²) in [6.45, 7) is 0. The fraction of sp³-hybridized carbons (Fsp3) is 0.188. The molecule has 2 N–H and O–H groups in total. The predicted molar refractivity (Wildman–Crippen MR) is 90.8 cm³/mol. The Labute approximate surface area is 172 Å². The van der Waals surface area contributed by atoms with Crippen LogP contribution in [0.5, 0.6) is 0 Å². The minimum Gasteiger partial charge on any atom is -0.319 e. The van der Waals surface area contributed by atoms with Crippen molar-refractivity contribution in [3.8, 4) is 0 Å². The van der Waals surface area contributed by atoms with Crippen molar-refractivity contribution in [2.24, 2.45) is 0 Å². The second-order valence-corrected chi connectivity index (χ2v) is 6.56. The molecule has 0 bridgehead atoms. The lowest BCUT2D eigenvalue weighted by atomic mass is 9.94. The van der Waals surface area contributed by atoms with Gasteiger partial charge in [0.1, 0.15) is 0 Å². The Hall–Kier alpha value is -2.60. The van der Waals surface area contributed by atoms with E-state index in [1.807, 2.05) is 0 Å². The van der Waals surface area contributed by atoms with E-state index in [9.17, 15) is 40.4 Å². The fourth-order valence-electron chi connectivity index (χ4n) is 2.31. The summed E-state index contributed by atoms with van der Waals surface area (Å²) in [6, 6.07) is 4.32. The molecule has 0 atom stereocenters. The molecule has 1 amide bonds. The summed E-state index contributed by atoms with van der Waals surface area (Å²) in [5.74, 6) is -0.966. The number of nitrogens with one attached hydrogen (secondary N) is 1. The molecule has 2 aromatic carbocycles. The first kappa shape index (κ1) is 23.7. The highest BCUT2D eigenvalue weighted by Gasteiger charge is 2.73. The summed E-state index contributed by atoms with van der Waals surface area (Å²) < 4.78 is 91.4. The molecule has 0 aromatic heterocycles. The summed E-state index contributed by atoms with van der Waals surface area (Å²) in [5, 5.41) is 9.00. The van der Waals surface area contributed by atoms with Crippen molar-refractivity contribution >= 4 is 40.5 Å². The molecule has 2 rings (SSSR count). The van der Waals surface area contributed by atoms with Gasteiger partial charge in [0, 0.05) is 23.3 Å². The summed E-state index contributed by atoms with van der Waals surface area (Å²) in [5.41, 5.74) is -8.61. The minimum absolute atomic E-state index is 0.0498. The van der Waals surface area contributed by atoms with E-state index >= 15 is 0 Å². The van der Waals surface area contributed by atoms with Crippen LogP contribution in [0.15, 0.2) is 36.4 Å². The zero-order chi connectivity index (χ0) is 23.1. The zero-order valence-corrected chi connectivity index (χ0v) is 15.6. The van der Waals surface area contributed by atoms with Crippen molar-refractivity contribution < 1.29 is 45.7 Å². The number of nitrogens with zero attached hydrogens (tertiary/aromatic N) is 1. The Morgan fingerprint density at radius 1 is 0.900 bits per heavy atom. The van der Waals surface area contributed by atoms with Crippen molar-refractivity contribution in [3.63, 3.8) is 0 Å². The van der Waals surface area contributed by atoms with Crippen LogP contribution in [-0.2, 0) is 5.67 Å². The third-order valence-electron chi connectivity index (χ3n) is 3.81. The van der Waals surface area contributed by atoms with E-state index in [-0.39, 0.29) is 23.4 Å². The van der Waals surface area contributed by atoms with Crippen LogP contribution in [0.25, 0.3) is 0 Å². The Balaban J connectivity index is 2.43. The molecule has 5 nitrogen and oxygen atoms in total. The number of hydrogen-bond donors (Lipinski definition) is 2. The van der Waals surface area contributed by atoms with Crippen LogP contribution in [0.4, 0.5) is 42.1 Å². The van der Waals surface area contributed by atoms with Gasteiger partial charge in [-0.3, -0.25) is 4.79 Å². The van der Waals surface area contributed by atoms with Crippen molar-refractivity contribution in [1.29, 1.82) is 0 Å². The minimum atomic E-state index is -6.37. The molecule has 0 radical (unpaired) electrons. The third kappa shape index (κ3) is 4.29. The molecular formula is C16H8Cl2F7N2O3+. The maximum absolute atomic E-state index is 14.2. The highest BCUT2D eigenvalue weighted by molar-refractivity contribution is 6.40. The molecule has 0 fully saturated rings. The predicted octanol–water partition coefficient (Wildman–Crippen LogP) is 6.33. The van der Waals surface area contributed by atoms with E-state index < -0.39 is 50.1 Å². The van der Waals surface area contributed by atoms with Gasteiger partial charge in [0.05, 0.1) is 20.6 Å². The molecule has 0 heterocycles. The molecule has 0 aliphatic carbocycles. The van der Waals surface area contributed by atoms with Crippen LogP contribution in [0.3, 0.4) is 0 Å². The Morgan fingerprint density at radius 2 is 1.33 bits per heavy atom. The van der Waals surface area contributed by atoms with Crippen molar-refractivity contribution in [2.45, 2.75) is 18.0 Å². The Bertz CT molecular complexity index is 955. The normalized spacial score (nSPS) is 12.6. The largest absolute Gasteiger partial charge is 0.435 e. The number of anilines is 1. The maximum atomic E-state index is 14.2. The van der Waals surface area contributed by atoms with Crippen molar-refractivity contribution in [1.82, 2.24) is 0 Å². The number of rotatable bonds is 4. The average Bonchev–Trinajstić information content (AvgIpc) is 2.61. The average molecular weight is 480 g/mol. The molecule has 0 spiro atoms. The molecule has 0 unspecified atom stereocenters. The van der Waals surface area contributed by atoms with Gasteiger partial charge >= 0.3 is 23.7 Å². The number of carbonyl (C=O) groups is 1. The molecule has 162 valence electrons. The first-order chi connectivity index (χ1) is 13.6. The van der Waals surface area contributed by atoms with Crippen LogP contribution >= 0.6 is 23.2 Å². The lowest BCUT2D eigenvalue weighted by Crippen LogP contribution is -2.50. The lowest BCUT2D eigenvalue weighted by Gasteiger charge is -2.30. The molecule has 30 heavy (non-hydrogen) atoms. The van der Waals surface area contributed by atoms with Gasteiger partial charge in [-0.1, -0.05) is 23.2 Å². The van der Waals surface area contributed by atoms with Gasteiger partial charge in [-0.15, -0.1) is 0 Å². The van der Waals surface area contributed by atoms with Gasteiger partial charge in [-0.2, -0.15) is 26.3 Å². The van der Waals surface area contributed by atoms with Gasteiger partial charge in [0.15, 0.2) is 0 Å². The standard InChI is InChI=1S/C16H7Cl2F7N2O3/c17-10-5-8(14(19,15(20,21)22)16(23,24)25)6-11(18)12(10)26-13(28)7-1-3-9(4-2-7)27(29)30/h1-6H,(H-,26,28,29,30)/p+1. The van der Waals surface area contributed by atoms with Gasteiger partial charge in [0.2, 0.25) is 0 Å². The summed E-state index contributed by atoms with van der Waals surface area (Å²) in [4.78, 5) is 22.4. The van der Waals surface area contributed by atoms with Crippen LogP contribution in [0.1, 0.15) is 15.9 Å². The third-order valence-corrected chi connectivity index (χ3v) is 4.41. The molecule has 0 saturated heterocycles. The van der Waals surface area contributed by atoms with Crippen molar-refractivity contribution in [2.75, 3.05) is 5.32 Å². The Kier molecular flexibility index (Phi) is 6.24. The molecule has 0 aliphatic heterocycles. The topological polar surface area (TPSA) is 69.4 Å². The first-order valence-electron chi connectivity index (χ1n) is 7.49. The highest BCUT2D eigenvalue weighted by atomic mass is 35.5. The summed E-state index contributed by atoms with van der Waals surface area (Å²) in [6.07, 6.45) is -12.7. The number of alkyl halides is 7. The number of carbonyl (C=O) groups excluding carboxylic acids is 1. The smallest absolute Gasteiger partial charge is 0.319 e.